The summed E-state index contributed by atoms with van der Waals surface area (Å²) in [4.78, 5) is 30.5. The maximum atomic E-state index is 13.8. The second kappa shape index (κ2) is 7.92. The number of ether oxygens (including phenoxy) is 1. The molecule has 188 valence electrons. The third kappa shape index (κ3) is 2.81. The van der Waals surface area contributed by atoms with Gasteiger partial charge in [-0.2, -0.15) is 0 Å². The van der Waals surface area contributed by atoms with E-state index in [0.717, 1.165) is 23.2 Å². The van der Waals surface area contributed by atoms with Gasteiger partial charge in [0.2, 0.25) is 5.91 Å². The van der Waals surface area contributed by atoms with Crippen molar-refractivity contribution in [2.24, 2.45) is 0 Å². The van der Waals surface area contributed by atoms with Crippen molar-refractivity contribution in [3.8, 4) is 11.5 Å². The lowest BCUT2D eigenvalue weighted by Crippen LogP contribution is -2.78. The SMILES string of the molecule is C=CCN1CC[C@]23c4c5ccc(O)c4O[C@H]2[C@@H](N(C(C)=O)C(=O)c2ccccc2C)CC[C@@]3(O)[C@H]1C5. The molecule has 2 amide bonds. The number of carbonyl (C=O) groups is 2. The summed E-state index contributed by atoms with van der Waals surface area (Å²) in [5.41, 5.74) is 1.25. The van der Waals surface area contributed by atoms with Gasteiger partial charge in [-0.1, -0.05) is 30.3 Å². The van der Waals surface area contributed by atoms with Crippen molar-refractivity contribution in [3.63, 3.8) is 0 Å². The fourth-order valence-corrected chi connectivity index (χ4v) is 7.72. The second-order valence-electron chi connectivity index (χ2n) is 10.8. The molecule has 2 bridgehead atoms. The summed E-state index contributed by atoms with van der Waals surface area (Å²) < 4.78 is 6.54. The standard InChI is InChI=1S/C29H32N2O5/c1-4-14-30-15-13-28-24-19-9-10-22(33)25(24)36-26(28)21(11-12-29(28,35)23(30)16-19)31(18(3)32)27(34)20-8-6-5-7-17(20)2/h4-10,21,23,26,33,35H,1,11-16H2,2-3H3/t21-,23+,26-,28-,29+/m0/s1. The number of aliphatic hydroxyl groups is 1. The van der Waals surface area contributed by atoms with E-state index in [1.807, 2.05) is 31.2 Å². The Bertz CT molecular complexity index is 1290. The minimum Gasteiger partial charge on any atom is -0.504 e. The van der Waals surface area contributed by atoms with Gasteiger partial charge in [-0.05, 0) is 62.4 Å². The molecule has 36 heavy (non-hydrogen) atoms. The first kappa shape index (κ1) is 23.3. The molecule has 0 unspecified atom stereocenters. The average Bonchev–Trinajstić information content (AvgIpc) is 3.20. The van der Waals surface area contributed by atoms with Crippen LogP contribution in [0.3, 0.4) is 0 Å². The van der Waals surface area contributed by atoms with Gasteiger partial charge in [0.05, 0.1) is 17.1 Å². The summed E-state index contributed by atoms with van der Waals surface area (Å²) in [6.45, 7) is 8.58. The van der Waals surface area contributed by atoms with Gasteiger partial charge in [-0.3, -0.25) is 19.4 Å². The number of aryl methyl sites for hydroxylation is 1. The molecule has 0 aromatic heterocycles. The van der Waals surface area contributed by atoms with Crippen LogP contribution in [-0.4, -0.2) is 68.7 Å². The van der Waals surface area contributed by atoms with E-state index in [2.05, 4.69) is 11.5 Å². The van der Waals surface area contributed by atoms with Crippen molar-refractivity contribution in [1.82, 2.24) is 9.80 Å². The van der Waals surface area contributed by atoms with Gasteiger partial charge < -0.3 is 14.9 Å². The van der Waals surface area contributed by atoms with Crippen LogP contribution in [0, 0.1) is 6.92 Å². The monoisotopic (exact) mass is 488 g/mol. The van der Waals surface area contributed by atoms with E-state index < -0.39 is 23.2 Å². The summed E-state index contributed by atoms with van der Waals surface area (Å²) in [5, 5.41) is 23.3. The predicted molar refractivity (Wildman–Crippen MR) is 134 cm³/mol. The molecule has 1 saturated carbocycles. The molecule has 2 heterocycles. The smallest absolute Gasteiger partial charge is 0.261 e. The molecule has 2 aliphatic carbocycles. The highest BCUT2D eigenvalue weighted by Gasteiger charge is 2.73. The number of phenolic OH excluding ortho intramolecular Hbond substituents is 1. The third-order valence-corrected chi connectivity index (χ3v) is 9.17. The molecule has 1 spiro atoms. The van der Waals surface area contributed by atoms with Crippen LogP contribution in [0.1, 0.15) is 53.2 Å². The fraction of sp³-hybridized carbons (Fsp3) is 0.448. The van der Waals surface area contributed by atoms with Crippen molar-refractivity contribution >= 4 is 11.8 Å². The third-order valence-electron chi connectivity index (χ3n) is 9.17. The van der Waals surface area contributed by atoms with Gasteiger partial charge in [-0.15, -0.1) is 6.58 Å². The number of likely N-dealkylation sites (tertiary alicyclic amines) is 1. The van der Waals surface area contributed by atoms with E-state index in [1.54, 1.807) is 18.2 Å². The molecule has 7 nitrogen and oxygen atoms in total. The molecule has 2 aromatic rings. The largest absolute Gasteiger partial charge is 0.504 e. The van der Waals surface area contributed by atoms with Gasteiger partial charge in [-0.25, -0.2) is 0 Å². The second-order valence-corrected chi connectivity index (χ2v) is 10.8. The zero-order valence-electron chi connectivity index (χ0n) is 20.7. The molecule has 2 aliphatic heterocycles. The molecule has 1 saturated heterocycles. The highest BCUT2D eigenvalue weighted by Crippen LogP contribution is 2.65. The molecule has 0 radical (unpaired) electrons. The summed E-state index contributed by atoms with van der Waals surface area (Å²) in [5.74, 6) is -0.279. The highest BCUT2D eigenvalue weighted by atomic mass is 16.5. The summed E-state index contributed by atoms with van der Waals surface area (Å²) in [6, 6.07) is 10.1. The number of benzene rings is 2. The van der Waals surface area contributed by atoms with E-state index in [0.29, 0.717) is 43.5 Å². The van der Waals surface area contributed by atoms with E-state index in [-0.39, 0.29) is 23.6 Å². The van der Waals surface area contributed by atoms with Crippen LogP contribution in [0.5, 0.6) is 11.5 Å². The van der Waals surface area contributed by atoms with Crippen LogP contribution in [0.15, 0.2) is 49.1 Å². The molecular weight excluding hydrogens is 456 g/mol. The van der Waals surface area contributed by atoms with E-state index in [9.17, 15) is 19.8 Å². The fourth-order valence-electron chi connectivity index (χ4n) is 7.72. The van der Waals surface area contributed by atoms with Gasteiger partial charge in [0.1, 0.15) is 6.10 Å². The van der Waals surface area contributed by atoms with E-state index >= 15 is 0 Å². The van der Waals surface area contributed by atoms with Gasteiger partial charge >= 0.3 is 0 Å². The maximum absolute atomic E-state index is 13.8. The number of piperidine rings is 1. The minimum atomic E-state index is -1.12. The van der Waals surface area contributed by atoms with Crippen molar-refractivity contribution in [2.45, 2.75) is 68.7 Å². The Hall–Kier alpha value is -3.16. The molecule has 5 atom stereocenters. The van der Waals surface area contributed by atoms with E-state index in [4.69, 9.17) is 4.74 Å². The molecule has 2 fully saturated rings. The Balaban J connectivity index is 1.51. The number of amides is 2. The van der Waals surface area contributed by atoms with Gasteiger partial charge in [0, 0.05) is 30.6 Å². The summed E-state index contributed by atoms with van der Waals surface area (Å²) >= 11 is 0. The predicted octanol–water partition coefficient (Wildman–Crippen LogP) is 3.10. The van der Waals surface area contributed by atoms with Crippen LogP contribution < -0.4 is 4.74 Å². The number of phenols is 1. The topological polar surface area (TPSA) is 90.3 Å². The lowest BCUT2D eigenvalue weighted by atomic mass is 9.48. The van der Waals surface area contributed by atoms with Crippen LogP contribution in [0.4, 0.5) is 0 Å². The van der Waals surface area contributed by atoms with Gasteiger partial charge in [0.25, 0.3) is 5.91 Å². The number of imide groups is 1. The number of hydrogen-bond acceptors (Lipinski definition) is 6. The molecular formula is C29H32N2O5. The average molecular weight is 489 g/mol. The minimum absolute atomic E-state index is 0.0326. The number of nitrogens with zero attached hydrogens (tertiary/aromatic N) is 2. The lowest BCUT2D eigenvalue weighted by molar-refractivity contribution is -0.197. The highest BCUT2D eigenvalue weighted by molar-refractivity contribution is 6.05. The summed E-state index contributed by atoms with van der Waals surface area (Å²) in [6.07, 6.45) is 3.31. The maximum Gasteiger partial charge on any atom is 0.261 e. The Morgan fingerprint density at radius 3 is 2.75 bits per heavy atom. The zero-order valence-corrected chi connectivity index (χ0v) is 20.7. The van der Waals surface area contributed by atoms with E-state index in [1.165, 1.54) is 11.8 Å². The van der Waals surface area contributed by atoms with Crippen LogP contribution >= 0.6 is 0 Å². The quantitative estimate of drug-likeness (QED) is 0.643. The van der Waals surface area contributed by atoms with Gasteiger partial charge in [0.15, 0.2) is 11.5 Å². The number of carbonyl (C=O) groups excluding carboxylic acids is 2. The van der Waals surface area contributed by atoms with Crippen LogP contribution in [-0.2, 0) is 16.6 Å². The Morgan fingerprint density at radius 2 is 2.03 bits per heavy atom. The van der Waals surface area contributed by atoms with Crippen molar-refractivity contribution in [2.75, 3.05) is 13.1 Å². The summed E-state index contributed by atoms with van der Waals surface area (Å²) in [7, 11) is 0. The number of aromatic hydroxyl groups is 1. The van der Waals surface area contributed by atoms with Crippen molar-refractivity contribution in [1.29, 1.82) is 0 Å². The van der Waals surface area contributed by atoms with Crippen LogP contribution in [0.25, 0.3) is 0 Å². The van der Waals surface area contributed by atoms with Crippen molar-refractivity contribution < 1.29 is 24.5 Å². The first-order valence-electron chi connectivity index (χ1n) is 12.7. The Labute approximate surface area is 211 Å². The van der Waals surface area contributed by atoms with Crippen LogP contribution in [0.2, 0.25) is 0 Å². The first-order valence-corrected chi connectivity index (χ1v) is 12.7. The Morgan fingerprint density at radius 1 is 1.25 bits per heavy atom. The molecule has 7 heteroatoms. The number of hydrogen-bond donors (Lipinski definition) is 2. The lowest BCUT2D eigenvalue weighted by Gasteiger charge is -2.64. The zero-order chi connectivity index (χ0) is 25.4. The molecule has 6 rings (SSSR count). The molecule has 2 aromatic carbocycles. The molecule has 4 aliphatic rings. The first-order chi connectivity index (χ1) is 17.2. The molecule has 2 N–H and O–H groups in total. The Kier molecular flexibility index (Phi) is 5.11. The normalized spacial score (nSPS) is 31.8. The van der Waals surface area contributed by atoms with Crippen molar-refractivity contribution in [3.05, 3.63) is 71.3 Å². The number of rotatable bonds is 4.